The van der Waals surface area contributed by atoms with Crippen molar-refractivity contribution < 1.29 is 9.59 Å². The van der Waals surface area contributed by atoms with E-state index >= 15 is 0 Å². The Morgan fingerprint density at radius 2 is 2.03 bits per heavy atom. The molecule has 2 atom stereocenters. The normalized spacial score (nSPS) is 20.1. The van der Waals surface area contributed by atoms with Crippen LogP contribution in [0.1, 0.15) is 61.1 Å². The number of amides is 1. The van der Waals surface area contributed by atoms with Crippen LogP contribution in [0.15, 0.2) is 36.5 Å². The molecule has 0 spiro atoms. The Kier molecular flexibility index (Phi) is 5.38. The average molecular weight is 391 g/mol. The van der Waals surface area contributed by atoms with E-state index in [2.05, 4.69) is 15.2 Å². The number of benzene rings is 1. The Bertz CT molecular complexity index is 924. The van der Waals surface area contributed by atoms with Gasteiger partial charge in [-0.3, -0.25) is 9.59 Å². The number of carbonyl (C=O) groups excluding carboxylic acids is 2. The molecule has 1 saturated carbocycles. The zero-order valence-electron chi connectivity index (χ0n) is 16.5. The summed E-state index contributed by atoms with van der Waals surface area (Å²) in [5.41, 5.74) is 1.10. The largest absolute Gasteiger partial charge is 0.340 e. The lowest BCUT2D eigenvalue weighted by Gasteiger charge is -2.40. The minimum Gasteiger partial charge on any atom is -0.340 e. The zero-order valence-corrected chi connectivity index (χ0v) is 16.5. The Morgan fingerprint density at radius 3 is 2.69 bits per heavy atom. The predicted octanol–water partition coefficient (Wildman–Crippen LogP) is 3.57. The maximum atomic E-state index is 12.9. The van der Waals surface area contributed by atoms with Crippen LogP contribution in [-0.4, -0.2) is 40.0 Å². The van der Waals surface area contributed by atoms with Crippen molar-refractivity contribution in [1.82, 2.24) is 9.97 Å². The molecule has 150 valence electrons. The topological polar surface area (TPSA) is 99.0 Å². The highest BCUT2D eigenvalue weighted by Crippen LogP contribution is 2.37. The van der Waals surface area contributed by atoms with Crippen molar-refractivity contribution in [1.29, 1.82) is 5.41 Å². The van der Waals surface area contributed by atoms with Crippen molar-refractivity contribution in [3.63, 3.8) is 0 Å². The fourth-order valence-corrected chi connectivity index (χ4v) is 4.35. The molecule has 1 aromatic heterocycles. The van der Waals surface area contributed by atoms with E-state index in [9.17, 15) is 9.59 Å². The van der Waals surface area contributed by atoms with Gasteiger partial charge >= 0.3 is 0 Å². The van der Waals surface area contributed by atoms with E-state index in [1.54, 1.807) is 30.5 Å². The second-order valence-electron chi connectivity index (χ2n) is 7.60. The number of hydrogen-bond donors (Lipinski definition) is 2. The van der Waals surface area contributed by atoms with Crippen LogP contribution in [0.2, 0.25) is 0 Å². The summed E-state index contributed by atoms with van der Waals surface area (Å²) in [7, 11) is 0. The summed E-state index contributed by atoms with van der Waals surface area (Å²) in [6, 6.07) is 8.88. The number of nitrogens with one attached hydrogen (secondary N) is 2. The summed E-state index contributed by atoms with van der Waals surface area (Å²) >= 11 is 0. The SMILES string of the molecule is CCC1C(=O)Nc2cnc(C(C=N)C(=O)c3ccccc3)nc2N1C1CCCC1. The molecule has 2 aliphatic rings. The molecule has 0 radical (unpaired) electrons. The quantitative estimate of drug-likeness (QED) is 0.579. The van der Waals surface area contributed by atoms with E-state index in [1.807, 2.05) is 13.0 Å². The van der Waals surface area contributed by atoms with Crippen LogP contribution in [0.25, 0.3) is 0 Å². The summed E-state index contributed by atoms with van der Waals surface area (Å²) in [5, 5.41) is 10.7. The highest BCUT2D eigenvalue weighted by atomic mass is 16.2. The van der Waals surface area contributed by atoms with Gasteiger partial charge in [-0.25, -0.2) is 9.97 Å². The van der Waals surface area contributed by atoms with Gasteiger partial charge in [0.1, 0.15) is 23.5 Å². The molecule has 29 heavy (non-hydrogen) atoms. The van der Waals surface area contributed by atoms with Gasteiger partial charge in [0.2, 0.25) is 5.91 Å². The van der Waals surface area contributed by atoms with Crippen LogP contribution in [0, 0.1) is 5.41 Å². The zero-order chi connectivity index (χ0) is 20.4. The van der Waals surface area contributed by atoms with Crippen LogP contribution in [-0.2, 0) is 4.79 Å². The van der Waals surface area contributed by atoms with Crippen molar-refractivity contribution in [3.05, 3.63) is 47.9 Å². The number of Topliss-reactive ketones (excluding diaryl/α,β-unsaturated/α-hetero) is 1. The monoisotopic (exact) mass is 391 g/mol. The lowest BCUT2D eigenvalue weighted by Crippen LogP contribution is -2.52. The maximum Gasteiger partial charge on any atom is 0.247 e. The molecule has 4 rings (SSSR count). The van der Waals surface area contributed by atoms with Crippen LogP contribution in [0.4, 0.5) is 11.5 Å². The molecule has 7 heteroatoms. The van der Waals surface area contributed by atoms with Crippen molar-refractivity contribution in [2.75, 3.05) is 10.2 Å². The lowest BCUT2D eigenvalue weighted by atomic mass is 9.97. The first-order valence-corrected chi connectivity index (χ1v) is 10.2. The number of carbonyl (C=O) groups is 2. The third-order valence-corrected chi connectivity index (χ3v) is 5.82. The van der Waals surface area contributed by atoms with Gasteiger partial charge in [-0.05, 0) is 19.3 Å². The molecule has 1 aromatic carbocycles. The Balaban J connectivity index is 1.74. The Labute approximate surface area is 170 Å². The molecule has 2 unspecified atom stereocenters. The first kappa shape index (κ1) is 19.2. The molecule has 2 aromatic rings. The van der Waals surface area contributed by atoms with Gasteiger partial charge in [0.25, 0.3) is 0 Å². The van der Waals surface area contributed by atoms with E-state index in [-0.39, 0.29) is 23.8 Å². The van der Waals surface area contributed by atoms with Crippen molar-refractivity contribution in [2.45, 2.75) is 57.0 Å². The standard InChI is InChI=1S/C22H25N5O2/c1-2-18-22(29)25-17-13-24-20(26-21(17)27(18)15-10-6-7-11-15)16(12-23)19(28)14-8-4-3-5-9-14/h3-5,8-9,12-13,15-16,18,23H,2,6-7,10-11H2,1H3,(H,25,29). The molecular formula is C22H25N5O2. The smallest absolute Gasteiger partial charge is 0.247 e. The molecule has 1 aliphatic carbocycles. The van der Waals surface area contributed by atoms with Crippen molar-refractivity contribution in [2.24, 2.45) is 0 Å². The number of aromatic nitrogens is 2. The van der Waals surface area contributed by atoms with Gasteiger partial charge in [0.05, 0.1) is 6.20 Å². The number of nitrogens with zero attached hydrogens (tertiary/aromatic N) is 3. The number of anilines is 2. The first-order chi connectivity index (χ1) is 14.1. The van der Waals surface area contributed by atoms with Gasteiger partial charge in [0.15, 0.2) is 11.6 Å². The van der Waals surface area contributed by atoms with Crippen LogP contribution < -0.4 is 10.2 Å². The van der Waals surface area contributed by atoms with E-state index in [1.165, 1.54) is 0 Å². The minimum atomic E-state index is -0.856. The third kappa shape index (κ3) is 3.52. The molecule has 0 saturated heterocycles. The molecule has 0 bridgehead atoms. The molecule has 1 fully saturated rings. The molecular weight excluding hydrogens is 366 g/mol. The average Bonchev–Trinajstić information content (AvgIpc) is 3.28. The van der Waals surface area contributed by atoms with E-state index in [0.29, 0.717) is 29.3 Å². The Hall–Kier alpha value is -3.09. The molecule has 2 heterocycles. The number of hydrogen-bond acceptors (Lipinski definition) is 6. The summed E-state index contributed by atoms with van der Waals surface area (Å²) in [6.07, 6.45) is 7.68. The highest BCUT2D eigenvalue weighted by Gasteiger charge is 2.39. The fraction of sp³-hybridized carbons (Fsp3) is 0.409. The number of rotatable bonds is 6. The van der Waals surface area contributed by atoms with E-state index < -0.39 is 5.92 Å². The van der Waals surface area contributed by atoms with E-state index in [0.717, 1.165) is 31.9 Å². The van der Waals surface area contributed by atoms with Gasteiger partial charge in [-0.1, -0.05) is 50.1 Å². The maximum absolute atomic E-state index is 12.9. The molecule has 1 aliphatic heterocycles. The summed E-state index contributed by atoms with van der Waals surface area (Å²) in [4.78, 5) is 36.7. The van der Waals surface area contributed by atoms with Crippen LogP contribution in [0.3, 0.4) is 0 Å². The van der Waals surface area contributed by atoms with Crippen LogP contribution in [0.5, 0.6) is 0 Å². The molecule has 2 N–H and O–H groups in total. The summed E-state index contributed by atoms with van der Waals surface area (Å²) in [5.74, 6) is -0.138. The summed E-state index contributed by atoms with van der Waals surface area (Å²) in [6.45, 7) is 2.00. The van der Waals surface area contributed by atoms with Crippen molar-refractivity contribution in [3.8, 4) is 0 Å². The van der Waals surface area contributed by atoms with Crippen LogP contribution >= 0.6 is 0 Å². The number of fused-ring (bicyclic) bond motifs is 1. The third-order valence-electron chi connectivity index (χ3n) is 5.82. The van der Waals surface area contributed by atoms with Gasteiger partial charge in [-0.2, -0.15) is 0 Å². The second-order valence-corrected chi connectivity index (χ2v) is 7.60. The lowest BCUT2D eigenvalue weighted by molar-refractivity contribution is -0.117. The fourth-order valence-electron chi connectivity index (χ4n) is 4.35. The predicted molar refractivity (Wildman–Crippen MR) is 112 cm³/mol. The molecule has 1 amide bonds. The minimum absolute atomic E-state index is 0.0350. The number of ketones is 1. The highest BCUT2D eigenvalue weighted by molar-refractivity contribution is 6.09. The van der Waals surface area contributed by atoms with Gasteiger partial charge < -0.3 is 15.6 Å². The van der Waals surface area contributed by atoms with Crippen molar-refractivity contribution >= 4 is 29.4 Å². The van der Waals surface area contributed by atoms with E-state index in [4.69, 9.17) is 10.4 Å². The first-order valence-electron chi connectivity index (χ1n) is 10.2. The summed E-state index contributed by atoms with van der Waals surface area (Å²) < 4.78 is 0. The van der Waals surface area contributed by atoms with Gasteiger partial charge in [0, 0.05) is 17.8 Å². The second kappa shape index (κ2) is 8.11. The van der Waals surface area contributed by atoms with Gasteiger partial charge in [-0.15, -0.1) is 0 Å². The Morgan fingerprint density at radius 1 is 1.31 bits per heavy atom. The molecule has 7 nitrogen and oxygen atoms in total.